The molecule has 0 spiro atoms. The first-order valence-electron chi connectivity index (χ1n) is 7.77. The zero-order valence-corrected chi connectivity index (χ0v) is 14.9. The van der Waals surface area contributed by atoms with Gasteiger partial charge in [0.2, 0.25) is 0 Å². The minimum Gasteiger partial charge on any atom is -0.352 e. The summed E-state index contributed by atoms with van der Waals surface area (Å²) in [5.41, 5.74) is 7.75. The summed E-state index contributed by atoms with van der Waals surface area (Å²) in [4.78, 5) is 12.4. The van der Waals surface area contributed by atoms with Crippen molar-refractivity contribution < 1.29 is 9.18 Å². The Kier molecular flexibility index (Phi) is 7.38. The lowest BCUT2D eigenvalue weighted by Gasteiger charge is -2.13. The Morgan fingerprint density at radius 2 is 1.92 bits per heavy atom. The standard InChI is InChI=1S/C17H23FN4O.ClH/c1-11(2)16-15(17(23)20-9-8-12(3)19)10-21-22(16)14-6-4-13(18)5-7-14;/h4-7,10-12H,8-9,19H2,1-3H3,(H,20,23);1H. The van der Waals surface area contributed by atoms with Gasteiger partial charge in [-0.2, -0.15) is 5.10 Å². The van der Waals surface area contributed by atoms with E-state index in [9.17, 15) is 9.18 Å². The maximum Gasteiger partial charge on any atom is 0.254 e. The maximum absolute atomic E-state index is 13.1. The molecule has 5 nitrogen and oxygen atoms in total. The first-order valence-corrected chi connectivity index (χ1v) is 7.77. The molecule has 1 atom stereocenters. The van der Waals surface area contributed by atoms with Crippen molar-refractivity contribution in [3.05, 3.63) is 47.5 Å². The fourth-order valence-corrected chi connectivity index (χ4v) is 2.39. The van der Waals surface area contributed by atoms with Gasteiger partial charge >= 0.3 is 0 Å². The Bertz CT molecular complexity index is 668. The molecule has 0 aliphatic carbocycles. The number of carbonyl (C=O) groups excluding carboxylic acids is 1. The highest BCUT2D eigenvalue weighted by atomic mass is 35.5. The molecule has 24 heavy (non-hydrogen) atoms. The summed E-state index contributed by atoms with van der Waals surface area (Å²) in [6.07, 6.45) is 2.27. The summed E-state index contributed by atoms with van der Waals surface area (Å²) in [5, 5.41) is 7.18. The number of carbonyl (C=O) groups is 1. The molecule has 0 radical (unpaired) electrons. The fraction of sp³-hybridized carbons (Fsp3) is 0.412. The lowest BCUT2D eigenvalue weighted by molar-refractivity contribution is 0.0951. The van der Waals surface area contributed by atoms with Gasteiger partial charge in [-0.15, -0.1) is 12.4 Å². The molecule has 0 bridgehead atoms. The number of amides is 1. The van der Waals surface area contributed by atoms with E-state index in [-0.39, 0.29) is 36.1 Å². The third-order valence-corrected chi connectivity index (χ3v) is 3.55. The third kappa shape index (κ3) is 4.79. The van der Waals surface area contributed by atoms with Crippen LogP contribution in [0.5, 0.6) is 0 Å². The number of rotatable bonds is 6. The van der Waals surface area contributed by atoms with E-state index in [0.29, 0.717) is 12.1 Å². The van der Waals surface area contributed by atoms with Crippen LogP contribution in [0.25, 0.3) is 5.69 Å². The van der Waals surface area contributed by atoms with E-state index in [1.807, 2.05) is 20.8 Å². The molecular weight excluding hydrogens is 331 g/mol. The van der Waals surface area contributed by atoms with E-state index in [0.717, 1.165) is 17.8 Å². The van der Waals surface area contributed by atoms with Crippen molar-refractivity contribution in [1.82, 2.24) is 15.1 Å². The smallest absolute Gasteiger partial charge is 0.254 e. The van der Waals surface area contributed by atoms with Gasteiger partial charge in [-0.25, -0.2) is 9.07 Å². The topological polar surface area (TPSA) is 72.9 Å². The van der Waals surface area contributed by atoms with Crippen LogP contribution in [0.2, 0.25) is 0 Å². The minimum absolute atomic E-state index is 0. The summed E-state index contributed by atoms with van der Waals surface area (Å²) in [7, 11) is 0. The van der Waals surface area contributed by atoms with Gasteiger partial charge in [-0.05, 0) is 43.5 Å². The predicted molar refractivity (Wildman–Crippen MR) is 95.5 cm³/mol. The SMILES string of the molecule is CC(N)CCNC(=O)c1cnn(-c2ccc(F)cc2)c1C(C)C.Cl. The zero-order chi connectivity index (χ0) is 17.0. The van der Waals surface area contributed by atoms with Gasteiger partial charge in [-0.1, -0.05) is 13.8 Å². The molecule has 1 heterocycles. The van der Waals surface area contributed by atoms with Crippen LogP contribution < -0.4 is 11.1 Å². The number of nitrogens with one attached hydrogen (secondary N) is 1. The molecular formula is C17H24ClFN4O. The number of benzene rings is 1. The Morgan fingerprint density at radius 1 is 1.29 bits per heavy atom. The molecule has 0 fully saturated rings. The van der Waals surface area contributed by atoms with Gasteiger partial charge in [0.05, 0.1) is 23.1 Å². The van der Waals surface area contributed by atoms with Crippen molar-refractivity contribution in [2.75, 3.05) is 6.54 Å². The highest BCUT2D eigenvalue weighted by Gasteiger charge is 2.20. The van der Waals surface area contributed by atoms with Crippen LogP contribution >= 0.6 is 12.4 Å². The van der Waals surface area contributed by atoms with Crippen molar-refractivity contribution in [3.8, 4) is 5.69 Å². The van der Waals surface area contributed by atoms with Gasteiger partial charge in [0, 0.05) is 12.6 Å². The van der Waals surface area contributed by atoms with E-state index in [2.05, 4.69) is 10.4 Å². The lowest BCUT2D eigenvalue weighted by atomic mass is 10.0. The second-order valence-corrected chi connectivity index (χ2v) is 6.01. The summed E-state index contributed by atoms with van der Waals surface area (Å²) in [5.74, 6) is -0.375. The van der Waals surface area contributed by atoms with E-state index < -0.39 is 0 Å². The summed E-state index contributed by atoms with van der Waals surface area (Å²) >= 11 is 0. The quantitative estimate of drug-likeness (QED) is 0.837. The van der Waals surface area contributed by atoms with Crippen LogP contribution in [-0.4, -0.2) is 28.3 Å². The summed E-state index contributed by atoms with van der Waals surface area (Å²) in [6.45, 7) is 6.42. The second kappa shape index (κ2) is 8.80. The van der Waals surface area contributed by atoms with Crippen molar-refractivity contribution in [1.29, 1.82) is 0 Å². The van der Waals surface area contributed by atoms with Crippen molar-refractivity contribution in [2.45, 2.75) is 39.2 Å². The van der Waals surface area contributed by atoms with Crippen molar-refractivity contribution in [2.24, 2.45) is 5.73 Å². The van der Waals surface area contributed by atoms with E-state index in [1.165, 1.54) is 12.1 Å². The molecule has 132 valence electrons. The molecule has 3 N–H and O–H groups in total. The predicted octanol–water partition coefficient (Wildman–Crippen LogP) is 3.02. The Balaban J connectivity index is 0.00000288. The molecule has 1 unspecified atom stereocenters. The van der Waals surface area contributed by atoms with Gasteiger partial charge in [-0.3, -0.25) is 4.79 Å². The monoisotopic (exact) mass is 354 g/mol. The maximum atomic E-state index is 13.1. The van der Waals surface area contributed by atoms with E-state index in [1.54, 1.807) is 23.0 Å². The average molecular weight is 355 g/mol. The Labute approximate surface area is 147 Å². The van der Waals surface area contributed by atoms with Gasteiger partial charge in [0.15, 0.2) is 0 Å². The highest BCUT2D eigenvalue weighted by Crippen LogP contribution is 2.23. The number of nitrogens with two attached hydrogens (primary N) is 1. The molecule has 1 aromatic carbocycles. The molecule has 0 saturated heterocycles. The Hall–Kier alpha value is -1.92. The van der Waals surface area contributed by atoms with Crippen LogP contribution in [-0.2, 0) is 0 Å². The largest absolute Gasteiger partial charge is 0.352 e. The first-order chi connectivity index (χ1) is 10.9. The number of hydrogen-bond donors (Lipinski definition) is 2. The van der Waals surface area contributed by atoms with Gasteiger partial charge in [0.25, 0.3) is 5.91 Å². The second-order valence-electron chi connectivity index (χ2n) is 6.01. The van der Waals surface area contributed by atoms with Crippen LogP contribution in [0.1, 0.15) is 49.2 Å². The molecule has 1 amide bonds. The zero-order valence-electron chi connectivity index (χ0n) is 14.1. The van der Waals surface area contributed by atoms with Crippen LogP contribution in [0.15, 0.2) is 30.5 Å². The Morgan fingerprint density at radius 3 is 2.46 bits per heavy atom. The first kappa shape index (κ1) is 20.1. The number of nitrogens with zero attached hydrogens (tertiary/aromatic N) is 2. The molecule has 1 aromatic heterocycles. The molecule has 7 heteroatoms. The average Bonchev–Trinajstić information content (AvgIpc) is 2.92. The van der Waals surface area contributed by atoms with Gasteiger partial charge in [0.1, 0.15) is 5.82 Å². The number of halogens is 2. The van der Waals surface area contributed by atoms with Crippen LogP contribution in [0.4, 0.5) is 4.39 Å². The van der Waals surface area contributed by atoms with E-state index >= 15 is 0 Å². The highest BCUT2D eigenvalue weighted by molar-refractivity contribution is 5.95. The van der Waals surface area contributed by atoms with Gasteiger partial charge < -0.3 is 11.1 Å². The van der Waals surface area contributed by atoms with Crippen LogP contribution in [0, 0.1) is 5.82 Å². The number of aromatic nitrogens is 2. The lowest BCUT2D eigenvalue weighted by Crippen LogP contribution is -2.29. The van der Waals surface area contributed by atoms with Crippen LogP contribution in [0.3, 0.4) is 0 Å². The normalized spacial score (nSPS) is 11.9. The van der Waals surface area contributed by atoms with Crippen molar-refractivity contribution in [3.63, 3.8) is 0 Å². The molecule has 2 rings (SSSR count). The summed E-state index contributed by atoms with van der Waals surface area (Å²) in [6, 6.07) is 6.09. The minimum atomic E-state index is -0.305. The van der Waals surface area contributed by atoms with Crippen molar-refractivity contribution >= 4 is 18.3 Å². The third-order valence-electron chi connectivity index (χ3n) is 3.55. The summed E-state index contributed by atoms with van der Waals surface area (Å²) < 4.78 is 14.8. The number of hydrogen-bond acceptors (Lipinski definition) is 3. The van der Waals surface area contributed by atoms with E-state index in [4.69, 9.17) is 5.73 Å². The molecule has 0 saturated carbocycles. The molecule has 0 aliphatic heterocycles. The molecule has 0 aliphatic rings. The fourth-order valence-electron chi connectivity index (χ4n) is 2.39. The molecule has 2 aromatic rings.